The molecular formula is C39H43NO8S. The number of methoxy groups -OCH3 is 4. The van der Waals surface area contributed by atoms with Crippen molar-refractivity contribution in [3.05, 3.63) is 101 Å². The molecule has 0 fully saturated rings. The topological polar surface area (TPSA) is 109 Å². The summed E-state index contributed by atoms with van der Waals surface area (Å²) >= 11 is 1.55. The van der Waals surface area contributed by atoms with Crippen LogP contribution in [0.3, 0.4) is 0 Å². The van der Waals surface area contributed by atoms with Gasteiger partial charge in [-0.25, -0.2) is 4.98 Å². The van der Waals surface area contributed by atoms with E-state index in [1.807, 2.05) is 81.6 Å². The predicted octanol–water partition coefficient (Wildman–Crippen LogP) is 8.29. The molecule has 0 aliphatic heterocycles. The maximum absolute atomic E-state index is 11.2. The molecule has 5 rings (SSSR count). The van der Waals surface area contributed by atoms with Gasteiger partial charge in [-0.3, -0.25) is 0 Å². The number of rotatable bonds is 14. The molecule has 4 aromatic carbocycles. The van der Waals surface area contributed by atoms with Crippen LogP contribution in [0.4, 0.5) is 0 Å². The van der Waals surface area contributed by atoms with Gasteiger partial charge in [0.05, 0.1) is 34.1 Å². The van der Waals surface area contributed by atoms with E-state index in [1.165, 1.54) is 0 Å². The summed E-state index contributed by atoms with van der Waals surface area (Å²) in [6.07, 6.45) is -1.84. The first-order valence-corrected chi connectivity index (χ1v) is 16.6. The third-order valence-electron chi connectivity index (χ3n) is 8.28. The summed E-state index contributed by atoms with van der Waals surface area (Å²) in [6, 6.07) is 26.0. The molecule has 1 aromatic heterocycles. The first-order chi connectivity index (χ1) is 23.4. The summed E-state index contributed by atoms with van der Waals surface area (Å²) in [7, 11) is 6.27. The summed E-state index contributed by atoms with van der Waals surface area (Å²) in [5, 5.41) is 25.2. The van der Waals surface area contributed by atoms with Crippen molar-refractivity contribution in [2.24, 2.45) is 0 Å². The number of aliphatic hydroxyl groups excluding tert-OH is 2. The van der Waals surface area contributed by atoms with E-state index in [4.69, 9.17) is 33.4 Å². The number of hydrogen-bond acceptors (Lipinski definition) is 10. The molecule has 0 aliphatic rings. The van der Waals surface area contributed by atoms with E-state index >= 15 is 0 Å². The maximum atomic E-state index is 11.2. The fourth-order valence-corrected chi connectivity index (χ4v) is 6.30. The Morgan fingerprint density at radius 3 is 1.37 bits per heavy atom. The summed E-state index contributed by atoms with van der Waals surface area (Å²) in [5.74, 6) is 3.51. The molecule has 0 radical (unpaired) electrons. The lowest BCUT2D eigenvalue weighted by Crippen LogP contribution is -2.36. The molecule has 1 heterocycles. The van der Waals surface area contributed by atoms with Crippen LogP contribution in [-0.2, 0) is 0 Å². The highest BCUT2D eigenvalue weighted by atomic mass is 32.1. The quantitative estimate of drug-likeness (QED) is 0.119. The molecular weight excluding hydrogens is 642 g/mol. The summed E-state index contributed by atoms with van der Waals surface area (Å²) in [5.41, 5.74) is 2.20. The van der Waals surface area contributed by atoms with Gasteiger partial charge in [-0.15, -0.1) is 11.3 Å². The monoisotopic (exact) mass is 685 g/mol. The minimum Gasteiger partial charge on any atom is -0.493 e. The van der Waals surface area contributed by atoms with Gasteiger partial charge in [0.1, 0.15) is 39.9 Å². The highest BCUT2D eigenvalue weighted by molar-refractivity contribution is 7.13. The minimum atomic E-state index is -0.929. The van der Waals surface area contributed by atoms with Gasteiger partial charge in [-0.05, 0) is 112 Å². The van der Waals surface area contributed by atoms with Crippen LogP contribution in [0.1, 0.15) is 51.0 Å². The molecule has 5 aromatic rings. The number of nitrogens with zero attached hydrogens (tertiary/aromatic N) is 1. The van der Waals surface area contributed by atoms with Crippen molar-refractivity contribution in [1.29, 1.82) is 0 Å². The highest BCUT2D eigenvalue weighted by Crippen LogP contribution is 2.38. The first-order valence-electron chi connectivity index (χ1n) is 15.7. The number of aromatic nitrogens is 1. The lowest BCUT2D eigenvalue weighted by atomic mass is 9.94. The summed E-state index contributed by atoms with van der Waals surface area (Å²) in [4.78, 5) is 4.87. The van der Waals surface area contributed by atoms with Crippen LogP contribution in [0.25, 0.3) is 21.8 Å². The number of hydrogen-bond donors (Lipinski definition) is 2. The van der Waals surface area contributed by atoms with Gasteiger partial charge in [0, 0.05) is 16.5 Å². The van der Waals surface area contributed by atoms with Crippen LogP contribution in [0.5, 0.6) is 34.5 Å². The van der Waals surface area contributed by atoms with Gasteiger partial charge < -0.3 is 38.6 Å². The molecule has 49 heavy (non-hydrogen) atoms. The number of benzene rings is 4. The molecule has 10 heteroatoms. The van der Waals surface area contributed by atoms with Gasteiger partial charge >= 0.3 is 0 Å². The fraction of sp³-hybridized carbons (Fsp3) is 0.308. The Morgan fingerprint density at radius 1 is 0.551 bits per heavy atom. The van der Waals surface area contributed by atoms with Crippen LogP contribution < -0.4 is 28.4 Å². The molecule has 9 nitrogen and oxygen atoms in total. The van der Waals surface area contributed by atoms with Crippen LogP contribution in [0, 0.1) is 0 Å². The second-order valence-corrected chi connectivity index (χ2v) is 13.4. The average molecular weight is 686 g/mol. The van der Waals surface area contributed by atoms with Crippen LogP contribution in [0.2, 0.25) is 0 Å². The molecule has 0 saturated heterocycles. The number of ether oxygens (including phenoxy) is 6. The van der Waals surface area contributed by atoms with Crippen LogP contribution in [-0.4, -0.2) is 54.8 Å². The van der Waals surface area contributed by atoms with Crippen molar-refractivity contribution in [1.82, 2.24) is 4.98 Å². The van der Waals surface area contributed by atoms with E-state index in [0.717, 1.165) is 21.8 Å². The van der Waals surface area contributed by atoms with Crippen molar-refractivity contribution in [3.8, 4) is 56.3 Å². The lowest BCUT2D eigenvalue weighted by molar-refractivity contribution is -0.0302. The molecule has 2 atom stereocenters. The molecule has 0 aliphatic carbocycles. The van der Waals surface area contributed by atoms with Crippen molar-refractivity contribution < 1.29 is 38.6 Å². The normalized spacial score (nSPS) is 12.9. The fourth-order valence-electron chi connectivity index (χ4n) is 5.47. The van der Waals surface area contributed by atoms with Crippen molar-refractivity contribution in [2.75, 3.05) is 28.4 Å². The molecule has 2 N–H and O–H groups in total. The van der Waals surface area contributed by atoms with E-state index in [0.29, 0.717) is 45.6 Å². The van der Waals surface area contributed by atoms with E-state index in [9.17, 15) is 10.2 Å². The third kappa shape index (κ3) is 7.94. The molecule has 0 amide bonds. The Kier molecular flexibility index (Phi) is 10.7. The van der Waals surface area contributed by atoms with E-state index in [-0.39, 0.29) is 0 Å². The summed E-state index contributed by atoms with van der Waals surface area (Å²) < 4.78 is 33.9. The molecule has 0 saturated carbocycles. The van der Waals surface area contributed by atoms with Crippen molar-refractivity contribution in [2.45, 2.75) is 51.1 Å². The largest absolute Gasteiger partial charge is 0.493 e. The van der Waals surface area contributed by atoms with Gasteiger partial charge in [0.15, 0.2) is 23.0 Å². The second kappa shape index (κ2) is 14.8. The Labute approximate surface area is 291 Å². The Balaban J connectivity index is 1.23. The highest BCUT2D eigenvalue weighted by Gasteiger charge is 2.33. The zero-order valence-corrected chi connectivity index (χ0v) is 29.8. The molecule has 0 spiro atoms. The average Bonchev–Trinajstić information content (AvgIpc) is 3.61. The van der Waals surface area contributed by atoms with Gasteiger partial charge in [0.2, 0.25) is 0 Å². The van der Waals surface area contributed by atoms with E-state index in [1.54, 1.807) is 76.2 Å². The second-order valence-electron chi connectivity index (χ2n) is 12.5. The van der Waals surface area contributed by atoms with Crippen molar-refractivity contribution in [3.63, 3.8) is 0 Å². The van der Waals surface area contributed by atoms with Crippen molar-refractivity contribution >= 4 is 11.3 Å². The zero-order chi connectivity index (χ0) is 35.3. The zero-order valence-electron chi connectivity index (χ0n) is 29.0. The first kappa shape index (κ1) is 35.5. The van der Waals surface area contributed by atoms with Gasteiger partial charge in [-0.1, -0.05) is 12.1 Å². The Morgan fingerprint density at radius 2 is 0.959 bits per heavy atom. The molecule has 258 valence electrons. The predicted molar refractivity (Wildman–Crippen MR) is 191 cm³/mol. The van der Waals surface area contributed by atoms with E-state index < -0.39 is 23.4 Å². The lowest BCUT2D eigenvalue weighted by Gasteiger charge is -2.32. The molecule has 2 unspecified atom stereocenters. The maximum Gasteiger partial charge on any atom is 0.161 e. The molecule has 0 bridgehead atoms. The third-order valence-corrected chi connectivity index (χ3v) is 9.17. The Bertz CT molecular complexity index is 1720. The number of thiazole rings is 1. The van der Waals surface area contributed by atoms with Gasteiger partial charge in [0.25, 0.3) is 0 Å². The summed E-state index contributed by atoms with van der Waals surface area (Å²) in [6.45, 7) is 7.36. The smallest absolute Gasteiger partial charge is 0.161 e. The van der Waals surface area contributed by atoms with Crippen LogP contribution >= 0.6 is 11.3 Å². The SMILES string of the molecule is COc1ccc(C(O)C(C)(C)Oc2ccc(-c3csc(-c4ccc(OC(C)(C)C(O)c5ccc(OC)c(OC)c5)cc4)n3)cc2)cc1OC. The number of aliphatic hydroxyl groups is 2. The standard InChI is InChI=1S/C39H43NO8S/c1-38(2,35(41)26-13-19-31(43-5)33(21-26)45-7)47-28-15-9-24(10-16-28)30-23-49-37(40-30)25-11-17-29(18-12-25)48-39(3,4)36(42)27-14-20-32(44-6)34(22-27)46-8/h9-23,35-36,41-42H,1-8H3. The van der Waals surface area contributed by atoms with Gasteiger partial charge in [-0.2, -0.15) is 0 Å². The minimum absolute atomic E-state index is 0.539. The van der Waals surface area contributed by atoms with Crippen LogP contribution in [0.15, 0.2) is 90.3 Å². The Hall–Kier alpha value is -4.77. The van der Waals surface area contributed by atoms with E-state index in [2.05, 4.69) is 0 Å².